The fraction of sp³-hybridized carbons (Fsp3) is 0.333. The van der Waals surface area contributed by atoms with E-state index in [-0.39, 0.29) is 0 Å². The lowest BCUT2D eigenvalue weighted by Gasteiger charge is -2.23. The molecular formula is C18H21NO. The summed E-state index contributed by atoms with van der Waals surface area (Å²) in [6.45, 7) is 1.82. The quantitative estimate of drug-likeness (QED) is 0.890. The molecule has 0 radical (unpaired) electrons. The first-order chi connectivity index (χ1) is 9.92. The van der Waals surface area contributed by atoms with Gasteiger partial charge in [-0.25, -0.2) is 0 Å². The largest absolute Gasteiger partial charge is 0.382 e. The molecule has 104 valence electrons. The average Bonchev–Trinajstić information content (AvgIpc) is 2.55. The number of rotatable bonds is 4. The zero-order valence-electron chi connectivity index (χ0n) is 11.7. The van der Waals surface area contributed by atoms with Crippen LogP contribution in [-0.2, 0) is 4.74 Å². The van der Waals surface area contributed by atoms with Crippen LogP contribution in [0.2, 0.25) is 0 Å². The molecule has 0 bridgehead atoms. The van der Waals surface area contributed by atoms with Gasteiger partial charge in [0.25, 0.3) is 0 Å². The van der Waals surface area contributed by atoms with Crippen LogP contribution in [0.4, 0.5) is 5.69 Å². The molecule has 2 heteroatoms. The second-order valence-corrected chi connectivity index (χ2v) is 5.31. The van der Waals surface area contributed by atoms with Crippen LogP contribution in [-0.4, -0.2) is 19.3 Å². The van der Waals surface area contributed by atoms with E-state index >= 15 is 0 Å². The smallest absolute Gasteiger partial charge is 0.0747 e. The van der Waals surface area contributed by atoms with Crippen molar-refractivity contribution in [3.8, 4) is 11.1 Å². The summed E-state index contributed by atoms with van der Waals surface area (Å²) in [6.07, 6.45) is 4.05. The number of hydrogen-bond acceptors (Lipinski definition) is 2. The molecule has 0 amide bonds. The summed E-state index contributed by atoms with van der Waals surface area (Å²) >= 11 is 0. The highest BCUT2D eigenvalue weighted by Gasteiger charge is 2.12. The molecule has 1 unspecified atom stereocenters. The molecule has 1 N–H and O–H groups in total. The van der Waals surface area contributed by atoms with Crippen LogP contribution < -0.4 is 5.32 Å². The van der Waals surface area contributed by atoms with Gasteiger partial charge in [-0.05, 0) is 42.5 Å². The van der Waals surface area contributed by atoms with Gasteiger partial charge in [0.2, 0.25) is 0 Å². The van der Waals surface area contributed by atoms with E-state index in [2.05, 4.69) is 53.8 Å². The maximum atomic E-state index is 5.73. The molecular weight excluding hydrogens is 246 g/mol. The summed E-state index contributed by atoms with van der Waals surface area (Å²) in [5, 5.41) is 3.47. The van der Waals surface area contributed by atoms with Gasteiger partial charge in [0, 0.05) is 18.8 Å². The van der Waals surface area contributed by atoms with Crippen LogP contribution in [0.5, 0.6) is 0 Å². The zero-order chi connectivity index (χ0) is 13.6. The maximum absolute atomic E-state index is 5.73. The van der Waals surface area contributed by atoms with Crippen LogP contribution in [0.3, 0.4) is 0 Å². The van der Waals surface area contributed by atoms with Gasteiger partial charge < -0.3 is 10.1 Å². The first kappa shape index (κ1) is 13.2. The molecule has 2 aromatic rings. The highest BCUT2D eigenvalue weighted by molar-refractivity contribution is 5.65. The normalized spacial score (nSPS) is 18.7. The minimum Gasteiger partial charge on any atom is -0.382 e. The maximum Gasteiger partial charge on any atom is 0.0747 e. The fourth-order valence-corrected chi connectivity index (χ4v) is 2.61. The van der Waals surface area contributed by atoms with Crippen LogP contribution in [0.1, 0.15) is 19.3 Å². The minimum atomic E-state index is 0.373. The third-order valence-corrected chi connectivity index (χ3v) is 3.80. The summed E-state index contributed by atoms with van der Waals surface area (Å²) in [5.74, 6) is 0. The second kappa shape index (κ2) is 6.58. The molecule has 3 rings (SSSR count). The summed E-state index contributed by atoms with van der Waals surface area (Å²) in [6, 6.07) is 19.1. The highest BCUT2D eigenvalue weighted by atomic mass is 16.5. The first-order valence-corrected chi connectivity index (χ1v) is 7.43. The van der Waals surface area contributed by atoms with Gasteiger partial charge in [-0.2, -0.15) is 0 Å². The molecule has 0 spiro atoms. The highest BCUT2D eigenvalue weighted by Crippen LogP contribution is 2.21. The Morgan fingerprint density at radius 2 is 1.65 bits per heavy atom. The predicted octanol–water partition coefficient (Wildman–Crippen LogP) is 4.33. The molecule has 1 fully saturated rings. The summed E-state index contributed by atoms with van der Waals surface area (Å²) < 4.78 is 5.73. The van der Waals surface area contributed by atoms with Crippen molar-refractivity contribution in [3.05, 3.63) is 54.6 Å². The van der Waals surface area contributed by atoms with E-state index in [1.807, 2.05) is 6.07 Å². The Hall–Kier alpha value is -1.80. The van der Waals surface area contributed by atoms with Crippen LogP contribution in [0, 0.1) is 0 Å². The Morgan fingerprint density at radius 3 is 2.35 bits per heavy atom. The standard InChI is InChI=1S/C18H21NO/c1-2-6-15(7-3-1)16-9-11-17(12-10-16)19-14-18-8-4-5-13-20-18/h1-3,6-7,9-12,18-19H,4-5,8,13-14H2. The lowest BCUT2D eigenvalue weighted by atomic mass is 10.1. The lowest BCUT2D eigenvalue weighted by molar-refractivity contribution is 0.0247. The van der Waals surface area contributed by atoms with Crippen molar-refractivity contribution in [1.82, 2.24) is 0 Å². The second-order valence-electron chi connectivity index (χ2n) is 5.31. The molecule has 0 aromatic heterocycles. The van der Waals surface area contributed by atoms with Crippen LogP contribution >= 0.6 is 0 Å². The predicted molar refractivity (Wildman–Crippen MR) is 84.0 cm³/mol. The van der Waals surface area contributed by atoms with Gasteiger partial charge >= 0.3 is 0 Å². The van der Waals surface area contributed by atoms with E-state index in [1.165, 1.54) is 36.1 Å². The molecule has 1 aliphatic heterocycles. The van der Waals surface area contributed by atoms with E-state index in [4.69, 9.17) is 4.74 Å². The molecule has 1 saturated heterocycles. The monoisotopic (exact) mass is 267 g/mol. The van der Waals surface area contributed by atoms with Crippen molar-refractivity contribution >= 4 is 5.69 Å². The lowest BCUT2D eigenvalue weighted by Crippen LogP contribution is -2.26. The number of anilines is 1. The Morgan fingerprint density at radius 1 is 0.900 bits per heavy atom. The van der Waals surface area contributed by atoms with Gasteiger partial charge in [-0.1, -0.05) is 42.5 Å². The van der Waals surface area contributed by atoms with E-state index in [9.17, 15) is 0 Å². The SMILES string of the molecule is c1ccc(-c2ccc(NCC3CCCCO3)cc2)cc1. The average molecular weight is 267 g/mol. The molecule has 1 heterocycles. The number of nitrogens with one attached hydrogen (secondary N) is 1. The van der Waals surface area contributed by atoms with E-state index in [1.54, 1.807) is 0 Å². The topological polar surface area (TPSA) is 21.3 Å². The zero-order valence-corrected chi connectivity index (χ0v) is 11.7. The van der Waals surface area contributed by atoms with E-state index in [0.29, 0.717) is 6.10 Å². The van der Waals surface area contributed by atoms with Crippen molar-refractivity contribution in [2.75, 3.05) is 18.5 Å². The van der Waals surface area contributed by atoms with Crippen molar-refractivity contribution in [3.63, 3.8) is 0 Å². The molecule has 2 aromatic carbocycles. The third kappa shape index (κ3) is 3.40. The fourth-order valence-electron chi connectivity index (χ4n) is 2.61. The Balaban J connectivity index is 1.58. The first-order valence-electron chi connectivity index (χ1n) is 7.43. The molecule has 1 atom stereocenters. The Bertz CT molecular complexity index is 515. The summed E-state index contributed by atoms with van der Waals surface area (Å²) in [7, 11) is 0. The van der Waals surface area contributed by atoms with Crippen molar-refractivity contribution < 1.29 is 4.74 Å². The molecule has 2 nitrogen and oxygen atoms in total. The Kier molecular flexibility index (Phi) is 4.34. The molecule has 20 heavy (non-hydrogen) atoms. The summed E-state index contributed by atoms with van der Waals surface area (Å²) in [5.41, 5.74) is 3.68. The van der Waals surface area contributed by atoms with Crippen molar-refractivity contribution in [2.24, 2.45) is 0 Å². The van der Waals surface area contributed by atoms with Gasteiger partial charge in [0.05, 0.1) is 6.10 Å². The van der Waals surface area contributed by atoms with Crippen molar-refractivity contribution in [1.29, 1.82) is 0 Å². The van der Waals surface area contributed by atoms with E-state index in [0.717, 1.165) is 13.2 Å². The number of ether oxygens (including phenoxy) is 1. The Labute approximate surface area is 120 Å². The molecule has 0 saturated carbocycles. The van der Waals surface area contributed by atoms with Crippen LogP contribution in [0.15, 0.2) is 54.6 Å². The van der Waals surface area contributed by atoms with Gasteiger partial charge in [-0.15, -0.1) is 0 Å². The third-order valence-electron chi connectivity index (χ3n) is 3.80. The summed E-state index contributed by atoms with van der Waals surface area (Å²) in [4.78, 5) is 0. The van der Waals surface area contributed by atoms with E-state index < -0.39 is 0 Å². The van der Waals surface area contributed by atoms with Gasteiger partial charge in [-0.3, -0.25) is 0 Å². The number of benzene rings is 2. The minimum absolute atomic E-state index is 0.373. The van der Waals surface area contributed by atoms with Gasteiger partial charge in [0.15, 0.2) is 0 Å². The molecule has 1 aliphatic rings. The number of hydrogen-bond donors (Lipinski definition) is 1. The molecule has 0 aliphatic carbocycles. The van der Waals surface area contributed by atoms with Gasteiger partial charge in [0.1, 0.15) is 0 Å². The van der Waals surface area contributed by atoms with Crippen molar-refractivity contribution in [2.45, 2.75) is 25.4 Å². The van der Waals surface area contributed by atoms with Crippen LogP contribution in [0.25, 0.3) is 11.1 Å².